The quantitative estimate of drug-likeness (QED) is 0.300. The van der Waals surface area contributed by atoms with Gasteiger partial charge in [0.05, 0.1) is 12.9 Å². The van der Waals surface area contributed by atoms with E-state index in [0.717, 1.165) is 10.9 Å². The van der Waals surface area contributed by atoms with Crippen LogP contribution in [0.2, 0.25) is 0 Å². The van der Waals surface area contributed by atoms with E-state index >= 15 is 0 Å². The second-order valence-electron chi connectivity index (χ2n) is 1.92. The third-order valence-corrected chi connectivity index (χ3v) is 1.93. The van der Waals surface area contributed by atoms with Gasteiger partial charge in [-0.1, -0.05) is 18.3 Å². The number of aromatic nitrogens is 2. The molecule has 0 atom stereocenters. The summed E-state index contributed by atoms with van der Waals surface area (Å²) in [6.45, 7) is 4.09. The number of thioether (sulfide) groups is 1. The molecule has 0 unspecified atom stereocenters. The van der Waals surface area contributed by atoms with E-state index in [1.165, 1.54) is 6.26 Å². The first-order chi connectivity index (χ1) is 5.93. The van der Waals surface area contributed by atoms with Crippen LogP contribution >= 0.6 is 11.8 Å². The van der Waals surface area contributed by atoms with Crippen molar-refractivity contribution < 1.29 is 4.74 Å². The fourth-order valence-corrected chi connectivity index (χ4v) is 1.26. The van der Waals surface area contributed by atoms with Crippen molar-refractivity contribution in [2.24, 2.45) is 0 Å². The van der Waals surface area contributed by atoms with Crippen molar-refractivity contribution in [3.8, 4) is 0 Å². The van der Waals surface area contributed by atoms with Crippen molar-refractivity contribution in [3.63, 3.8) is 0 Å². The molecule has 4 heteroatoms. The highest BCUT2D eigenvalue weighted by molar-refractivity contribution is 7.99. The van der Waals surface area contributed by atoms with Gasteiger partial charge >= 0.3 is 0 Å². The monoisotopic (exact) mass is 182 g/mol. The summed E-state index contributed by atoms with van der Waals surface area (Å²) >= 11 is 1.57. The van der Waals surface area contributed by atoms with Gasteiger partial charge in [0.1, 0.15) is 0 Å². The molecule has 0 saturated carbocycles. The molecule has 1 rings (SSSR count). The van der Waals surface area contributed by atoms with Crippen molar-refractivity contribution in [1.29, 1.82) is 0 Å². The normalized spacial score (nSPS) is 9.33. The maximum atomic E-state index is 4.94. The van der Waals surface area contributed by atoms with E-state index in [4.69, 9.17) is 4.74 Å². The Kier molecular flexibility index (Phi) is 4.23. The van der Waals surface area contributed by atoms with E-state index in [-0.39, 0.29) is 0 Å². The molecule has 1 heterocycles. The highest BCUT2D eigenvalue weighted by atomic mass is 32.2. The van der Waals surface area contributed by atoms with Gasteiger partial charge in [-0.2, -0.15) is 0 Å². The van der Waals surface area contributed by atoms with Gasteiger partial charge in [0.25, 0.3) is 0 Å². The molecule has 64 valence electrons. The number of rotatable bonds is 5. The van der Waals surface area contributed by atoms with Crippen molar-refractivity contribution in [2.75, 3.05) is 12.4 Å². The van der Waals surface area contributed by atoms with E-state index in [1.54, 1.807) is 30.2 Å². The second-order valence-corrected chi connectivity index (χ2v) is 2.98. The number of ether oxygens (including phenoxy) is 1. The Bertz CT molecular complexity index is 228. The first-order valence-electron chi connectivity index (χ1n) is 3.56. The van der Waals surface area contributed by atoms with Crippen LogP contribution in [0.1, 0.15) is 0 Å². The van der Waals surface area contributed by atoms with Crippen molar-refractivity contribution in [2.45, 2.75) is 5.16 Å². The molecule has 0 fully saturated rings. The number of hydrogen-bond acceptors (Lipinski definition) is 4. The molecule has 0 saturated heterocycles. The zero-order valence-electron chi connectivity index (χ0n) is 6.64. The van der Waals surface area contributed by atoms with Crippen LogP contribution in [0.25, 0.3) is 0 Å². The molecular weight excluding hydrogens is 172 g/mol. The summed E-state index contributed by atoms with van der Waals surface area (Å²) < 4.78 is 4.94. The number of nitrogens with zero attached hydrogens (tertiary/aromatic N) is 2. The van der Waals surface area contributed by atoms with Gasteiger partial charge in [-0.05, 0) is 6.07 Å². The molecular formula is C8H10N2OS. The molecule has 12 heavy (non-hydrogen) atoms. The summed E-state index contributed by atoms with van der Waals surface area (Å²) in [4.78, 5) is 8.09. The molecule has 0 N–H and O–H groups in total. The summed E-state index contributed by atoms with van der Waals surface area (Å²) in [5, 5.41) is 0.783. The summed E-state index contributed by atoms with van der Waals surface area (Å²) in [5.74, 6) is 0.843. The zero-order chi connectivity index (χ0) is 8.65. The van der Waals surface area contributed by atoms with Crippen LogP contribution in [0.5, 0.6) is 0 Å². The van der Waals surface area contributed by atoms with Gasteiger partial charge in [0.15, 0.2) is 5.16 Å². The molecule has 0 amide bonds. The fraction of sp³-hybridized carbons (Fsp3) is 0.250. The molecule has 0 aliphatic carbocycles. The third-order valence-electron chi connectivity index (χ3n) is 1.09. The summed E-state index contributed by atoms with van der Waals surface area (Å²) in [6.07, 6.45) is 4.89. The molecule has 0 spiro atoms. The topological polar surface area (TPSA) is 35.0 Å². The molecule has 0 aromatic carbocycles. The summed E-state index contributed by atoms with van der Waals surface area (Å²) in [5.41, 5.74) is 0. The van der Waals surface area contributed by atoms with E-state index in [9.17, 15) is 0 Å². The van der Waals surface area contributed by atoms with Crippen LogP contribution in [0.3, 0.4) is 0 Å². The Hall–Kier alpha value is -1.03. The molecule has 0 radical (unpaired) electrons. The van der Waals surface area contributed by atoms with E-state index in [1.807, 2.05) is 0 Å². The molecule has 0 bridgehead atoms. The van der Waals surface area contributed by atoms with E-state index in [2.05, 4.69) is 16.5 Å². The standard InChI is InChI=1S/C8H10N2OS/c1-2-11-6-7-12-8-9-4-3-5-10-8/h2-5H,1,6-7H2. The lowest BCUT2D eigenvalue weighted by atomic mass is 10.7. The lowest BCUT2D eigenvalue weighted by molar-refractivity contribution is 0.274. The number of hydrogen-bond donors (Lipinski definition) is 0. The predicted octanol–water partition coefficient (Wildman–Crippen LogP) is 1.73. The predicted molar refractivity (Wildman–Crippen MR) is 48.9 cm³/mol. The Morgan fingerprint density at radius 1 is 1.50 bits per heavy atom. The van der Waals surface area contributed by atoms with Gasteiger partial charge in [0, 0.05) is 18.1 Å². The Labute approximate surface area is 75.9 Å². The van der Waals surface area contributed by atoms with Gasteiger partial charge in [-0.3, -0.25) is 0 Å². The van der Waals surface area contributed by atoms with Gasteiger partial charge in [0.2, 0.25) is 0 Å². The van der Waals surface area contributed by atoms with Crippen molar-refractivity contribution in [3.05, 3.63) is 31.3 Å². The van der Waals surface area contributed by atoms with Crippen LogP contribution in [0.15, 0.2) is 36.5 Å². The average Bonchev–Trinajstić information content (AvgIpc) is 2.14. The summed E-state index contributed by atoms with van der Waals surface area (Å²) in [6, 6.07) is 1.80. The molecule has 3 nitrogen and oxygen atoms in total. The Balaban J connectivity index is 2.20. The SMILES string of the molecule is C=COCCSc1ncccn1. The minimum Gasteiger partial charge on any atom is -0.501 e. The Morgan fingerprint density at radius 2 is 2.25 bits per heavy atom. The first-order valence-corrected chi connectivity index (χ1v) is 4.54. The Morgan fingerprint density at radius 3 is 2.92 bits per heavy atom. The van der Waals surface area contributed by atoms with E-state index in [0.29, 0.717) is 6.61 Å². The molecule has 1 aromatic heterocycles. The summed E-state index contributed by atoms with van der Waals surface area (Å²) in [7, 11) is 0. The second kappa shape index (κ2) is 5.60. The average molecular weight is 182 g/mol. The lowest BCUT2D eigenvalue weighted by Crippen LogP contribution is -1.92. The maximum Gasteiger partial charge on any atom is 0.187 e. The van der Waals surface area contributed by atoms with Gasteiger partial charge in [-0.25, -0.2) is 9.97 Å². The largest absolute Gasteiger partial charge is 0.501 e. The lowest BCUT2D eigenvalue weighted by Gasteiger charge is -1.98. The van der Waals surface area contributed by atoms with Crippen LogP contribution in [0.4, 0.5) is 0 Å². The van der Waals surface area contributed by atoms with Gasteiger partial charge in [-0.15, -0.1) is 0 Å². The van der Waals surface area contributed by atoms with Crippen LogP contribution in [0, 0.1) is 0 Å². The highest BCUT2D eigenvalue weighted by Crippen LogP contribution is 2.09. The molecule has 1 aromatic rings. The fourth-order valence-electron chi connectivity index (χ4n) is 0.624. The molecule has 0 aliphatic heterocycles. The maximum absolute atomic E-state index is 4.94. The molecule has 0 aliphatic rings. The van der Waals surface area contributed by atoms with Crippen molar-refractivity contribution in [1.82, 2.24) is 9.97 Å². The zero-order valence-corrected chi connectivity index (χ0v) is 7.46. The van der Waals surface area contributed by atoms with Crippen LogP contribution in [-0.4, -0.2) is 22.3 Å². The third kappa shape index (κ3) is 3.39. The smallest absolute Gasteiger partial charge is 0.187 e. The van der Waals surface area contributed by atoms with Gasteiger partial charge < -0.3 is 4.74 Å². The van der Waals surface area contributed by atoms with Crippen molar-refractivity contribution >= 4 is 11.8 Å². The van der Waals surface area contributed by atoms with Crippen LogP contribution in [-0.2, 0) is 4.74 Å². The minimum atomic E-state index is 0.645. The van der Waals surface area contributed by atoms with E-state index < -0.39 is 0 Å². The minimum absolute atomic E-state index is 0.645. The highest BCUT2D eigenvalue weighted by Gasteiger charge is 1.93. The van der Waals surface area contributed by atoms with Crippen LogP contribution < -0.4 is 0 Å². The first kappa shape index (κ1) is 9.06.